The van der Waals surface area contributed by atoms with E-state index in [1.165, 1.54) is 0 Å². The first-order valence-corrected chi connectivity index (χ1v) is 4.83. The summed E-state index contributed by atoms with van der Waals surface area (Å²) in [5.74, 6) is 0. The Morgan fingerprint density at radius 1 is 1.38 bits per heavy atom. The monoisotopic (exact) mass is 270 g/mol. The second-order valence-electron chi connectivity index (χ2n) is 2.81. The van der Waals surface area contributed by atoms with E-state index in [-0.39, 0.29) is 15.7 Å². The Kier molecular flexibility index (Phi) is 4.26. The molecule has 0 aliphatic carbocycles. The molecule has 0 bridgehead atoms. The highest BCUT2D eigenvalue weighted by atomic mass is 35.5. The average Bonchev–Trinajstić information content (AvgIpc) is 2.18. The minimum Gasteiger partial charge on any atom is -0.374 e. The van der Waals surface area contributed by atoms with Gasteiger partial charge in [-0.15, -0.1) is 0 Å². The number of nitro groups is 1. The summed E-state index contributed by atoms with van der Waals surface area (Å²) in [6.45, 7) is -0.696. The van der Waals surface area contributed by atoms with E-state index in [0.29, 0.717) is 0 Å². The molecule has 0 unspecified atom stereocenters. The van der Waals surface area contributed by atoms with Crippen LogP contribution in [0.3, 0.4) is 0 Å². The molecule has 1 aromatic carbocycles. The van der Waals surface area contributed by atoms with Gasteiger partial charge in [-0.05, 0) is 6.07 Å². The van der Waals surface area contributed by atoms with Crippen LogP contribution >= 0.6 is 23.2 Å². The summed E-state index contributed by atoms with van der Waals surface area (Å²) in [5.41, 5.74) is -0.477. The highest BCUT2D eigenvalue weighted by Gasteiger charge is 2.17. The summed E-state index contributed by atoms with van der Waals surface area (Å²) in [5, 5.41) is 12.9. The number of halogens is 4. The van der Waals surface area contributed by atoms with E-state index in [2.05, 4.69) is 5.32 Å². The first kappa shape index (κ1) is 12.9. The van der Waals surface area contributed by atoms with Crippen molar-refractivity contribution in [3.05, 3.63) is 32.3 Å². The van der Waals surface area contributed by atoms with E-state index in [9.17, 15) is 18.9 Å². The van der Waals surface area contributed by atoms with Crippen LogP contribution in [0, 0.1) is 10.1 Å². The Morgan fingerprint density at radius 2 is 1.94 bits per heavy atom. The summed E-state index contributed by atoms with van der Waals surface area (Å²) in [7, 11) is 0. The molecule has 1 N–H and O–H groups in total. The van der Waals surface area contributed by atoms with E-state index >= 15 is 0 Å². The number of hydrogen-bond donors (Lipinski definition) is 1. The Balaban J connectivity index is 3.05. The Morgan fingerprint density at radius 3 is 2.44 bits per heavy atom. The molecule has 0 saturated carbocycles. The van der Waals surface area contributed by atoms with Gasteiger partial charge in [0.1, 0.15) is 5.69 Å². The van der Waals surface area contributed by atoms with Gasteiger partial charge in [-0.25, -0.2) is 8.78 Å². The Labute approximate surface area is 99.3 Å². The lowest BCUT2D eigenvalue weighted by Gasteiger charge is -2.07. The van der Waals surface area contributed by atoms with E-state index in [1.54, 1.807) is 0 Å². The zero-order valence-corrected chi connectivity index (χ0v) is 9.23. The predicted octanol–water partition coefficient (Wildman–Crippen LogP) is 3.58. The molecule has 0 saturated heterocycles. The van der Waals surface area contributed by atoms with Crippen molar-refractivity contribution < 1.29 is 13.7 Å². The normalized spacial score (nSPS) is 10.6. The average molecular weight is 271 g/mol. The Bertz CT molecular complexity index is 415. The molecule has 0 atom stereocenters. The molecule has 88 valence electrons. The summed E-state index contributed by atoms with van der Waals surface area (Å²) in [6.07, 6.45) is -2.62. The topological polar surface area (TPSA) is 55.2 Å². The minimum atomic E-state index is -2.62. The number of alkyl halides is 2. The maximum absolute atomic E-state index is 11.9. The third kappa shape index (κ3) is 3.18. The van der Waals surface area contributed by atoms with Crippen LogP contribution in [0.25, 0.3) is 0 Å². The molecule has 1 rings (SSSR count). The number of nitro benzene ring substituents is 1. The number of nitrogens with one attached hydrogen (secondary N) is 1. The van der Waals surface area contributed by atoms with Crippen LogP contribution in [0.15, 0.2) is 12.1 Å². The van der Waals surface area contributed by atoms with E-state index in [4.69, 9.17) is 23.2 Å². The second-order valence-corrected chi connectivity index (χ2v) is 3.63. The van der Waals surface area contributed by atoms with Gasteiger partial charge < -0.3 is 5.32 Å². The second kappa shape index (κ2) is 5.27. The standard InChI is InChI=1S/C8H6Cl2F2N2O2/c9-4-1-6(13-3-8(11)12)7(14(15)16)2-5(4)10/h1-2,8,13H,3H2. The van der Waals surface area contributed by atoms with E-state index < -0.39 is 23.6 Å². The molecular weight excluding hydrogens is 265 g/mol. The van der Waals surface area contributed by atoms with Gasteiger partial charge in [-0.2, -0.15) is 0 Å². The van der Waals surface area contributed by atoms with Gasteiger partial charge >= 0.3 is 0 Å². The molecule has 0 spiro atoms. The molecule has 0 fully saturated rings. The third-order valence-electron chi connectivity index (χ3n) is 1.68. The predicted molar refractivity (Wildman–Crippen MR) is 57.6 cm³/mol. The third-order valence-corrected chi connectivity index (χ3v) is 2.40. The van der Waals surface area contributed by atoms with Crippen molar-refractivity contribution in [1.29, 1.82) is 0 Å². The van der Waals surface area contributed by atoms with Crippen LogP contribution < -0.4 is 5.32 Å². The van der Waals surface area contributed by atoms with Crippen molar-refractivity contribution in [3.8, 4) is 0 Å². The molecule has 0 radical (unpaired) electrons. The zero-order chi connectivity index (χ0) is 12.3. The summed E-state index contributed by atoms with van der Waals surface area (Å²) in [4.78, 5) is 9.88. The molecule has 4 nitrogen and oxygen atoms in total. The SMILES string of the molecule is O=[N+]([O-])c1cc(Cl)c(Cl)cc1NCC(F)F. The van der Waals surface area contributed by atoms with E-state index in [0.717, 1.165) is 12.1 Å². The van der Waals surface area contributed by atoms with Crippen molar-refractivity contribution in [2.45, 2.75) is 6.43 Å². The van der Waals surface area contributed by atoms with E-state index in [1.807, 2.05) is 0 Å². The van der Waals surface area contributed by atoms with Crippen LogP contribution in [0.5, 0.6) is 0 Å². The van der Waals surface area contributed by atoms with Gasteiger partial charge in [0.2, 0.25) is 0 Å². The van der Waals surface area contributed by atoms with Crippen LogP contribution in [-0.4, -0.2) is 17.9 Å². The highest BCUT2D eigenvalue weighted by Crippen LogP contribution is 2.33. The van der Waals surface area contributed by atoms with Crippen molar-refractivity contribution in [2.75, 3.05) is 11.9 Å². The van der Waals surface area contributed by atoms with Crippen molar-refractivity contribution in [1.82, 2.24) is 0 Å². The van der Waals surface area contributed by atoms with Gasteiger partial charge in [0.25, 0.3) is 12.1 Å². The van der Waals surface area contributed by atoms with Gasteiger partial charge in [0.15, 0.2) is 0 Å². The molecular formula is C8H6Cl2F2N2O2. The summed E-state index contributed by atoms with van der Waals surface area (Å²) >= 11 is 11.2. The number of rotatable bonds is 4. The molecule has 16 heavy (non-hydrogen) atoms. The highest BCUT2D eigenvalue weighted by molar-refractivity contribution is 6.42. The molecule has 0 aliphatic heterocycles. The van der Waals surface area contributed by atoms with Crippen LogP contribution in [0.1, 0.15) is 0 Å². The molecule has 0 amide bonds. The van der Waals surface area contributed by atoms with Crippen molar-refractivity contribution in [2.24, 2.45) is 0 Å². The maximum Gasteiger partial charge on any atom is 0.293 e. The number of hydrogen-bond acceptors (Lipinski definition) is 3. The smallest absolute Gasteiger partial charge is 0.293 e. The largest absolute Gasteiger partial charge is 0.374 e. The summed E-state index contributed by atoms with van der Waals surface area (Å²) in [6, 6.07) is 2.15. The zero-order valence-electron chi connectivity index (χ0n) is 7.71. The fourth-order valence-electron chi connectivity index (χ4n) is 1.02. The molecule has 0 heterocycles. The molecule has 0 aromatic heterocycles. The number of nitrogens with zero attached hydrogens (tertiary/aromatic N) is 1. The van der Waals surface area contributed by atoms with Crippen LogP contribution in [0.4, 0.5) is 20.2 Å². The number of benzene rings is 1. The van der Waals surface area contributed by atoms with Gasteiger partial charge in [0.05, 0.1) is 21.5 Å². The van der Waals surface area contributed by atoms with Gasteiger partial charge in [-0.1, -0.05) is 23.2 Å². The quantitative estimate of drug-likeness (QED) is 0.672. The van der Waals surface area contributed by atoms with Crippen LogP contribution in [0.2, 0.25) is 10.0 Å². The fourth-order valence-corrected chi connectivity index (χ4v) is 1.34. The molecule has 0 aliphatic rings. The Hall–Kier alpha value is -1.14. The fraction of sp³-hybridized carbons (Fsp3) is 0.250. The van der Waals surface area contributed by atoms with Gasteiger partial charge in [0, 0.05) is 6.07 Å². The lowest BCUT2D eigenvalue weighted by Crippen LogP contribution is -2.11. The lowest BCUT2D eigenvalue weighted by atomic mass is 10.2. The number of anilines is 1. The minimum absolute atomic E-state index is 0.00374. The first-order valence-electron chi connectivity index (χ1n) is 4.07. The van der Waals surface area contributed by atoms with Crippen molar-refractivity contribution in [3.63, 3.8) is 0 Å². The summed E-state index contributed by atoms with van der Waals surface area (Å²) < 4.78 is 23.9. The molecule has 1 aromatic rings. The maximum atomic E-state index is 11.9. The van der Waals surface area contributed by atoms with Crippen molar-refractivity contribution >= 4 is 34.6 Å². The van der Waals surface area contributed by atoms with Gasteiger partial charge in [-0.3, -0.25) is 10.1 Å². The molecule has 8 heteroatoms. The lowest BCUT2D eigenvalue weighted by molar-refractivity contribution is -0.383. The van der Waals surface area contributed by atoms with Crippen LogP contribution in [-0.2, 0) is 0 Å². The first-order chi connectivity index (χ1) is 7.41.